The molecule has 2 aliphatic rings. The average molecular weight is 440 g/mol. The summed E-state index contributed by atoms with van der Waals surface area (Å²) in [5.74, 6) is 0.267. The second kappa shape index (κ2) is 8.64. The first kappa shape index (κ1) is 21.9. The Hall–Kier alpha value is -3.36. The highest BCUT2D eigenvalue weighted by atomic mass is 16.5. The topological polar surface area (TPSA) is 116 Å². The number of methoxy groups -OCH3 is 1. The van der Waals surface area contributed by atoms with Crippen molar-refractivity contribution in [1.29, 1.82) is 0 Å². The van der Waals surface area contributed by atoms with Crippen molar-refractivity contribution in [3.05, 3.63) is 39.7 Å². The van der Waals surface area contributed by atoms with Crippen LogP contribution in [0.2, 0.25) is 0 Å². The molecule has 2 aliphatic heterocycles. The van der Waals surface area contributed by atoms with E-state index in [1.807, 2.05) is 17.9 Å². The third-order valence-electron chi connectivity index (χ3n) is 6.04. The smallest absolute Gasteiger partial charge is 0.258 e. The summed E-state index contributed by atoms with van der Waals surface area (Å²) in [5.41, 5.74) is 1.20. The van der Waals surface area contributed by atoms with Gasteiger partial charge in [-0.1, -0.05) is 19.9 Å². The van der Waals surface area contributed by atoms with Crippen molar-refractivity contribution in [2.75, 3.05) is 35.7 Å². The lowest BCUT2D eigenvalue weighted by Gasteiger charge is -2.35. The third kappa shape index (κ3) is 4.32. The van der Waals surface area contributed by atoms with Gasteiger partial charge in [0.15, 0.2) is 0 Å². The van der Waals surface area contributed by atoms with E-state index in [0.29, 0.717) is 29.2 Å². The number of fused-ring (bicyclic) bond motifs is 1. The van der Waals surface area contributed by atoms with Gasteiger partial charge in [0.1, 0.15) is 11.6 Å². The van der Waals surface area contributed by atoms with Crippen LogP contribution in [0.1, 0.15) is 43.7 Å². The van der Waals surface area contributed by atoms with Gasteiger partial charge < -0.3 is 20.3 Å². The van der Waals surface area contributed by atoms with E-state index in [2.05, 4.69) is 34.4 Å². The van der Waals surface area contributed by atoms with E-state index < -0.39 is 17.4 Å². The molecule has 3 N–H and O–H groups in total. The summed E-state index contributed by atoms with van der Waals surface area (Å²) >= 11 is 0. The molecular formula is C23H29N5O4. The molecule has 1 aromatic heterocycles. The number of hydrogen-bond acceptors (Lipinski definition) is 6. The predicted molar refractivity (Wildman–Crippen MR) is 122 cm³/mol. The molecule has 2 aromatic rings. The first-order valence-electron chi connectivity index (χ1n) is 10.9. The molecule has 9 heteroatoms. The van der Waals surface area contributed by atoms with Crippen LogP contribution in [0.15, 0.2) is 23.0 Å². The van der Waals surface area contributed by atoms with Crippen molar-refractivity contribution in [2.24, 2.45) is 11.8 Å². The quantitative estimate of drug-likeness (QED) is 0.674. The Balaban J connectivity index is 1.66. The number of carbonyl (C=O) groups is 2. The Morgan fingerprint density at radius 1 is 1.22 bits per heavy atom. The van der Waals surface area contributed by atoms with Crippen LogP contribution in [0.5, 0.6) is 5.75 Å². The summed E-state index contributed by atoms with van der Waals surface area (Å²) < 4.78 is 5.32. The van der Waals surface area contributed by atoms with Crippen LogP contribution in [-0.4, -0.2) is 42.0 Å². The zero-order valence-electron chi connectivity index (χ0n) is 18.8. The summed E-state index contributed by atoms with van der Waals surface area (Å²) in [7, 11) is 1.52. The van der Waals surface area contributed by atoms with Crippen molar-refractivity contribution in [3.8, 4) is 5.75 Å². The summed E-state index contributed by atoms with van der Waals surface area (Å²) in [6, 6.07) is 5.41. The number of piperidine rings is 1. The van der Waals surface area contributed by atoms with Crippen LogP contribution in [0.3, 0.4) is 0 Å². The Bertz CT molecular complexity index is 1100. The van der Waals surface area contributed by atoms with Gasteiger partial charge in [-0.3, -0.25) is 19.4 Å². The average Bonchev–Trinajstić information content (AvgIpc) is 2.72. The normalized spacial score (nSPS) is 22.7. The molecule has 4 rings (SSSR count). The Labute approximate surface area is 186 Å². The zero-order valence-corrected chi connectivity index (χ0v) is 18.8. The van der Waals surface area contributed by atoms with E-state index in [1.165, 1.54) is 7.11 Å². The lowest BCUT2D eigenvalue weighted by molar-refractivity contribution is -0.123. The van der Waals surface area contributed by atoms with E-state index in [4.69, 9.17) is 4.74 Å². The lowest BCUT2D eigenvalue weighted by Crippen LogP contribution is -2.42. The molecular weight excluding hydrogens is 410 g/mol. The van der Waals surface area contributed by atoms with E-state index in [1.54, 1.807) is 12.1 Å². The van der Waals surface area contributed by atoms with E-state index in [-0.39, 0.29) is 23.7 Å². The predicted octanol–water partition coefficient (Wildman–Crippen LogP) is 2.63. The largest absolute Gasteiger partial charge is 0.495 e. The molecule has 1 fully saturated rings. The fraction of sp³-hybridized carbons (Fsp3) is 0.478. The number of H-pyrrole nitrogens is 1. The van der Waals surface area contributed by atoms with Crippen LogP contribution in [0, 0.1) is 18.8 Å². The maximum absolute atomic E-state index is 13.1. The van der Waals surface area contributed by atoms with Gasteiger partial charge in [-0.2, -0.15) is 4.98 Å². The van der Waals surface area contributed by atoms with E-state index in [9.17, 15) is 14.4 Å². The Kier molecular flexibility index (Phi) is 5.90. The molecule has 32 heavy (non-hydrogen) atoms. The second-order valence-corrected chi connectivity index (χ2v) is 9.00. The number of hydrogen-bond donors (Lipinski definition) is 3. The number of nitrogens with one attached hydrogen (secondary N) is 3. The number of amides is 2. The molecule has 0 spiro atoms. The molecule has 0 bridgehead atoms. The molecule has 0 unspecified atom stereocenters. The maximum atomic E-state index is 13.1. The number of aryl methyl sites for hydroxylation is 1. The Morgan fingerprint density at radius 2 is 1.94 bits per heavy atom. The maximum Gasteiger partial charge on any atom is 0.258 e. The molecule has 3 heterocycles. The van der Waals surface area contributed by atoms with Crippen molar-refractivity contribution in [3.63, 3.8) is 0 Å². The van der Waals surface area contributed by atoms with Crippen molar-refractivity contribution < 1.29 is 14.3 Å². The second-order valence-electron chi connectivity index (χ2n) is 9.00. The molecule has 1 saturated heterocycles. The Morgan fingerprint density at radius 3 is 2.62 bits per heavy atom. The highest BCUT2D eigenvalue weighted by Gasteiger charge is 2.36. The van der Waals surface area contributed by atoms with Crippen molar-refractivity contribution in [1.82, 2.24) is 9.97 Å². The van der Waals surface area contributed by atoms with Crippen molar-refractivity contribution >= 4 is 29.3 Å². The first-order chi connectivity index (χ1) is 15.2. The molecule has 9 nitrogen and oxygen atoms in total. The number of aromatic amines is 1. The van der Waals surface area contributed by atoms with Gasteiger partial charge >= 0.3 is 0 Å². The molecule has 170 valence electrons. The molecule has 0 aliphatic carbocycles. The summed E-state index contributed by atoms with van der Waals surface area (Å²) in [6.07, 6.45) is 0.988. The summed E-state index contributed by atoms with van der Waals surface area (Å²) in [6.45, 7) is 7.78. The highest BCUT2D eigenvalue weighted by molar-refractivity contribution is 6.05. The van der Waals surface area contributed by atoms with Gasteiger partial charge in [0, 0.05) is 19.5 Å². The zero-order chi connectivity index (χ0) is 23.0. The summed E-state index contributed by atoms with van der Waals surface area (Å²) in [5, 5.41) is 5.50. The molecule has 3 atom stereocenters. The van der Waals surface area contributed by atoms with Crippen LogP contribution < -0.4 is 25.8 Å². The van der Waals surface area contributed by atoms with Crippen LogP contribution in [0.25, 0.3) is 0 Å². The minimum absolute atomic E-state index is 0.130. The van der Waals surface area contributed by atoms with Crippen molar-refractivity contribution in [2.45, 2.75) is 39.5 Å². The fourth-order valence-electron chi connectivity index (χ4n) is 4.71. The molecule has 0 saturated carbocycles. The van der Waals surface area contributed by atoms with Gasteiger partial charge in [-0.25, -0.2) is 0 Å². The first-order valence-corrected chi connectivity index (χ1v) is 10.9. The third-order valence-corrected chi connectivity index (χ3v) is 6.04. The number of anilines is 3. The molecule has 1 aromatic carbocycles. The monoisotopic (exact) mass is 439 g/mol. The van der Waals surface area contributed by atoms with E-state index >= 15 is 0 Å². The summed E-state index contributed by atoms with van der Waals surface area (Å²) in [4.78, 5) is 48.0. The van der Waals surface area contributed by atoms with Gasteiger partial charge in [-0.15, -0.1) is 0 Å². The fourth-order valence-corrected chi connectivity index (χ4v) is 4.71. The minimum Gasteiger partial charge on any atom is -0.495 e. The number of benzene rings is 1. The van der Waals surface area contributed by atoms with Gasteiger partial charge in [0.2, 0.25) is 17.8 Å². The van der Waals surface area contributed by atoms with Gasteiger partial charge in [0.05, 0.1) is 24.3 Å². The van der Waals surface area contributed by atoms with Gasteiger partial charge in [0.25, 0.3) is 5.56 Å². The van der Waals surface area contributed by atoms with Crippen LogP contribution in [0.4, 0.5) is 17.5 Å². The minimum atomic E-state index is -0.950. The number of aromatic nitrogens is 2. The van der Waals surface area contributed by atoms with E-state index in [0.717, 1.165) is 25.1 Å². The SMILES string of the molecule is COc1ccc(C)cc1NC(=O)[C@@H]1CC(=O)Nc2nc(N3C[C@@H](C)C[C@H](C)C3)[nH]c(=O)c21. The molecule has 0 radical (unpaired) electrons. The van der Waals surface area contributed by atoms with Crippen LogP contribution >= 0.6 is 0 Å². The lowest BCUT2D eigenvalue weighted by atomic mass is 9.91. The van der Waals surface area contributed by atoms with Gasteiger partial charge in [-0.05, 0) is 42.9 Å². The number of carbonyl (C=O) groups excluding carboxylic acids is 2. The number of nitrogens with zero attached hydrogens (tertiary/aromatic N) is 2. The standard InChI is InChI=1S/C23H29N5O4/c1-12-5-6-17(32-4)16(8-12)24-21(30)15-9-18(29)25-20-19(15)22(31)27-23(26-20)28-10-13(2)7-14(3)11-28/h5-6,8,13-15H,7,9-11H2,1-4H3,(H,24,30)(H2,25,26,27,29,31)/t13-,14-,15+/m0/s1. The number of ether oxygens (including phenoxy) is 1. The highest BCUT2D eigenvalue weighted by Crippen LogP contribution is 2.33. The van der Waals surface area contributed by atoms with Crippen LogP contribution in [-0.2, 0) is 9.59 Å². The number of rotatable bonds is 4. The molecule has 2 amide bonds.